The van der Waals surface area contributed by atoms with Gasteiger partial charge in [-0.2, -0.15) is 0 Å². The molecule has 0 radical (unpaired) electrons. The van der Waals surface area contributed by atoms with E-state index >= 15 is 0 Å². The maximum absolute atomic E-state index is 9.42. The Morgan fingerprint density at radius 3 is 2.22 bits per heavy atom. The van der Waals surface area contributed by atoms with E-state index in [-0.39, 0.29) is 0 Å². The summed E-state index contributed by atoms with van der Waals surface area (Å²) in [6.07, 6.45) is -0.462. The normalized spacial score (nSPS) is 11.9. The molecule has 0 spiro atoms. The van der Waals surface area contributed by atoms with Crippen LogP contribution in [0.25, 0.3) is 0 Å². The Hall–Kier alpha value is -2.00. The van der Waals surface area contributed by atoms with Crippen LogP contribution in [0.1, 0.15) is 18.6 Å². The van der Waals surface area contributed by atoms with Crippen LogP contribution in [0.2, 0.25) is 0 Å². The van der Waals surface area contributed by atoms with Crippen molar-refractivity contribution in [3.63, 3.8) is 0 Å². The second kappa shape index (κ2) is 5.56. The number of benzene rings is 2. The Labute approximate surface area is 107 Å². The molecule has 0 aliphatic rings. The number of rotatable bonds is 4. The molecular formula is C15H16O3. The van der Waals surface area contributed by atoms with E-state index in [4.69, 9.17) is 9.47 Å². The molecule has 2 aromatic carbocycles. The van der Waals surface area contributed by atoms with Crippen LogP contribution in [0, 0.1) is 0 Å². The summed E-state index contributed by atoms with van der Waals surface area (Å²) in [7, 11) is 1.62. The first-order valence-corrected chi connectivity index (χ1v) is 5.79. The van der Waals surface area contributed by atoms with Crippen molar-refractivity contribution in [3.8, 4) is 17.2 Å². The fraction of sp³-hybridized carbons (Fsp3) is 0.200. The van der Waals surface area contributed by atoms with Crippen molar-refractivity contribution in [2.45, 2.75) is 13.0 Å². The van der Waals surface area contributed by atoms with E-state index in [1.54, 1.807) is 14.0 Å². The molecule has 0 aliphatic carbocycles. The van der Waals surface area contributed by atoms with Gasteiger partial charge in [0.1, 0.15) is 17.2 Å². The van der Waals surface area contributed by atoms with Crippen LogP contribution in [0.4, 0.5) is 0 Å². The predicted octanol–water partition coefficient (Wildman–Crippen LogP) is 3.54. The molecule has 2 aromatic rings. The molecule has 2 rings (SSSR count). The number of methoxy groups -OCH3 is 1. The van der Waals surface area contributed by atoms with Gasteiger partial charge in [-0.25, -0.2) is 0 Å². The average molecular weight is 244 g/mol. The van der Waals surface area contributed by atoms with Crippen LogP contribution in [0.3, 0.4) is 0 Å². The summed E-state index contributed by atoms with van der Waals surface area (Å²) in [5.41, 5.74) is 0.869. The fourth-order valence-corrected chi connectivity index (χ4v) is 1.62. The lowest BCUT2D eigenvalue weighted by Crippen LogP contribution is -1.91. The van der Waals surface area contributed by atoms with Crippen molar-refractivity contribution in [1.29, 1.82) is 0 Å². The molecule has 1 atom stereocenters. The molecule has 0 unspecified atom stereocenters. The minimum Gasteiger partial charge on any atom is -0.497 e. The Balaban J connectivity index is 2.13. The molecule has 0 saturated carbocycles. The molecule has 94 valence electrons. The van der Waals surface area contributed by atoms with E-state index in [1.165, 1.54) is 0 Å². The zero-order valence-electron chi connectivity index (χ0n) is 10.5. The highest BCUT2D eigenvalue weighted by Gasteiger charge is 2.02. The van der Waals surface area contributed by atoms with Crippen molar-refractivity contribution < 1.29 is 14.6 Å². The molecule has 0 saturated heterocycles. The van der Waals surface area contributed by atoms with Crippen molar-refractivity contribution in [1.82, 2.24) is 0 Å². The van der Waals surface area contributed by atoms with E-state index < -0.39 is 6.10 Å². The molecule has 0 heterocycles. The molecule has 0 aromatic heterocycles. The lowest BCUT2D eigenvalue weighted by atomic mass is 10.1. The lowest BCUT2D eigenvalue weighted by Gasteiger charge is -2.09. The first kappa shape index (κ1) is 12.5. The van der Waals surface area contributed by atoms with Crippen LogP contribution >= 0.6 is 0 Å². The topological polar surface area (TPSA) is 38.7 Å². The van der Waals surface area contributed by atoms with Gasteiger partial charge >= 0.3 is 0 Å². The molecule has 0 aliphatic heterocycles. The summed E-state index contributed by atoms with van der Waals surface area (Å²) in [6, 6.07) is 14.8. The van der Waals surface area contributed by atoms with Gasteiger partial charge in [0, 0.05) is 6.07 Å². The van der Waals surface area contributed by atoms with Gasteiger partial charge in [0.05, 0.1) is 13.2 Å². The van der Waals surface area contributed by atoms with Crippen LogP contribution in [0.15, 0.2) is 48.5 Å². The molecule has 18 heavy (non-hydrogen) atoms. The fourth-order valence-electron chi connectivity index (χ4n) is 1.62. The first-order chi connectivity index (χ1) is 8.69. The van der Waals surface area contributed by atoms with Crippen LogP contribution < -0.4 is 9.47 Å². The summed E-state index contributed by atoms with van der Waals surface area (Å²) in [5, 5.41) is 9.42. The Morgan fingerprint density at radius 2 is 1.61 bits per heavy atom. The summed E-state index contributed by atoms with van der Waals surface area (Å²) in [5.74, 6) is 2.21. The highest BCUT2D eigenvalue weighted by atomic mass is 16.5. The highest BCUT2D eigenvalue weighted by molar-refractivity contribution is 5.37. The minimum absolute atomic E-state index is 0.462. The molecule has 3 nitrogen and oxygen atoms in total. The standard InChI is InChI=1S/C15H16O3/c1-11(16)12-6-8-13(9-7-12)18-15-5-3-4-14(10-15)17-2/h3-11,16H,1-2H3/t11-/m1/s1. The highest BCUT2D eigenvalue weighted by Crippen LogP contribution is 2.26. The monoisotopic (exact) mass is 244 g/mol. The zero-order valence-corrected chi connectivity index (χ0v) is 10.5. The number of aliphatic hydroxyl groups excluding tert-OH is 1. The van der Waals surface area contributed by atoms with Gasteiger partial charge in [-0.1, -0.05) is 18.2 Å². The third-order valence-corrected chi connectivity index (χ3v) is 2.64. The molecule has 0 amide bonds. The van der Waals surface area contributed by atoms with E-state index in [0.29, 0.717) is 0 Å². The minimum atomic E-state index is -0.462. The van der Waals surface area contributed by atoms with Gasteiger partial charge in [0.2, 0.25) is 0 Å². The predicted molar refractivity (Wildman–Crippen MR) is 70.1 cm³/mol. The number of hydrogen-bond acceptors (Lipinski definition) is 3. The quantitative estimate of drug-likeness (QED) is 0.894. The lowest BCUT2D eigenvalue weighted by molar-refractivity contribution is 0.199. The summed E-state index contributed by atoms with van der Waals surface area (Å²) < 4.78 is 10.8. The van der Waals surface area contributed by atoms with Gasteiger partial charge in [-0.05, 0) is 36.8 Å². The van der Waals surface area contributed by atoms with E-state index in [2.05, 4.69) is 0 Å². The van der Waals surface area contributed by atoms with E-state index in [9.17, 15) is 5.11 Å². The summed E-state index contributed by atoms with van der Waals surface area (Å²) in [6.45, 7) is 1.73. The first-order valence-electron chi connectivity index (χ1n) is 5.79. The summed E-state index contributed by atoms with van der Waals surface area (Å²) >= 11 is 0. The molecule has 0 fully saturated rings. The van der Waals surface area contributed by atoms with Gasteiger partial charge in [0.25, 0.3) is 0 Å². The number of ether oxygens (including phenoxy) is 2. The van der Waals surface area contributed by atoms with Gasteiger partial charge in [-0.15, -0.1) is 0 Å². The van der Waals surface area contributed by atoms with E-state index in [0.717, 1.165) is 22.8 Å². The molecule has 1 N–H and O–H groups in total. The summed E-state index contributed by atoms with van der Waals surface area (Å²) in [4.78, 5) is 0. The molecule has 0 bridgehead atoms. The van der Waals surface area contributed by atoms with Crippen molar-refractivity contribution in [3.05, 3.63) is 54.1 Å². The maximum Gasteiger partial charge on any atom is 0.131 e. The maximum atomic E-state index is 9.42. The van der Waals surface area contributed by atoms with Gasteiger partial charge in [0.15, 0.2) is 0 Å². The van der Waals surface area contributed by atoms with E-state index in [1.807, 2.05) is 48.5 Å². The third-order valence-electron chi connectivity index (χ3n) is 2.64. The molecule has 3 heteroatoms. The Morgan fingerprint density at radius 1 is 0.944 bits per heavy atom. The largest absolute Gasteiger partial charge is 0.497 e. The second-order valence-corrected chi connectivity index (χ2v) is 4.03. The van der Waals surface area contributed by atoms with Crippen LogP contribution in [0.5, 0.6) is 17.2 Å². The van der Waals surface area contributed by atoms with Gasteiger partial charge in [-0.3, -0.25) is 0 Å². The number of aliphatic hydroxyl groups is 1. The second-order valence-electron chi connectivity index (χ2n) is 4.03. The number of hydrogen-bond donors (Lipinski definition) is 1. The zero-order chi connectivity index (χ0) is 13.0. The Bertz CT molecular complexity index is 503. The van der Waals surface area contributed by atoms with Crippen molar-refractivity contribution in [2.24, 2.45) is 0 Å². The van der Waals surface area contributed by atoms with Crippen LogP contribution in [-0.2, 0) is 0 Å². The SMILES string of the molecule is COc1cccc(Oc2ccc([C@@H](C)O)cc2)c1. The Kier molecular flexibility index (Phi) is 3.85. The molecular weight excluding hydrogens is 228 g/mol. The van der Waals surface area contributed by atoms with Crippen molar-refractivity contribution in [2.75, 3.05) is 7.11 Å². The van der Waals surface area contributed by atoms with Crippen LogP contribution in [-0.4, -0.2) is 12.2 Å². The average Bonchev–Trinajstić information content (AvgIpc) is 2.39. The van der Waals surface area contributed by atoms with Gasteiger partial charge < -0.3 is 14.6 Å². The smallest absolute Gasteiger partial charge is 0.131 e. The van der Waals surface area contributed by atoms with Crippen molar-refractivity contribution >= 4 is 0 Å². The third kappa shape index (κ3) is 3.02.